The van der Waals surface area contributed by atoms with Crippen LogP contribution in [-0.2, 0) is 22.6 Å². The summed E-state index contributed by atoms with van der Waals surface area (Å²) in [6, 6.07) is 17.1. The van der Waals surface area contributed by atoms with Crippen LogP contribution < -0.4 is 19.7 Å². The number of aryl methyl sites for hydroxylation is 1. The molecule has 0 unspecified atom stereocenters. The van der Waals surface area contributed by atoms with E-state index in [0.29, 0.717) is 61.8 Å². The molecule has 9 nitrogen and oxygen atoms in total. The van der Waals surface area contributed by atoms with E-state index >= 15 is 0 Å². The number of piperidine rings is 2. The third-order valence-corrected chi connectivity index (χ3v) is 8.31. The first-order valence-electron chi connectivity index (χ1n) is 14.9. The lowest BCUT2D eigenvalue weighted by atomic mass is 10.0. The molecule has 0 saturated carbocycles. The van der Waals surface area contributed by atoms with Crippen LogP contribution in [0.5, 0.6) is 17.2 Å². The lowest BCUT2D eigenvalue weighted by molar-refractivity contribution is -0.123. The normalized spacial score (nSPS) is 21.2. The topological polar surface area (TPSA) is 93.2 Å². The van der Waals surface area contributed by atoms with E-state index in [2.05, 4.69) is 15.2 Å². The van der Waals surface area contributed by atoms with Crippen molar-refractivity contribution in [3.05, 3.63) is 77.5 Å². The maximum atomic E-state index is 13.2. The molecule has 0 radical (unpaired) electrons. The number of anilines is 1. The van der Waals surface area contributed by atoms with Crippen LogP contribution in [0.25, 0.3) is 0 Å². The zero-order chi connectivity index (χ0) is 28.9. The van der Waals surface area contributed by atoms with Crippen LogP contribution in [-0.4, -0.2) is 67.1 Å². The molecule has 3 aromatic rings. The number of carbonyl (C=O) groups is 2. The van der Waals surface area contributed by atoms with Crippen molar-refractivity contribution in [2.24, 2.45) is 0 Å². The van der Waals surface area contributed by atoms with Crippen LogP contribution in [0, 0.1) is 0 Å². The van der Waals surface area contributed by atoms with E-state index < -0.39 is 0 Å². The first kappa shape index (κ1) is 28.0. The van der Waals surface area contributed by atoms with Gasteiger partial charge in [-0.3, -0.25) is 9.59 Å². The van der Waals surface area contributed by atoms with Crippen LogP contribution in [0.4, 0.5) is 5.82 Å². The minimum atomic E-state index is -0.231. The van der Waals surface area contributed by atoms with E-state index in [4.69, 9.17) is 14.2 Å². The van der Waals surface area contributed by atoms with Crippen LogP contribution in [0.1, 0.15) is 53.6 Å². The van der Waals surface area contributed by atoms with Gasteiger partial charge in [-0.25, -0.2) is 4.98 Å². The Bertz CT molecular complexity index is 1420. The number of nitrogens with one attached hydrogen (secondary N) is 1. The van der Waals surface area contributed by atoms with Crippen LogP contribution in [0.2, 0.25) is 0 Å². The van der Waals surface area contributed by atoms with E-state index in [1.54, 1.807) is 19.4 Å². The summed E-state index contributed by atoms with van der Waals surface area (Å²) in [7, 11) is 1.62. The zero-order valence-corrected chi connectivity index (χ0v) is 24.1. The minimum absolute atomic E-state index is 0.0360. The predicted octanol–water partition coefficient (Wildman–Crippen LogP) is 4.74. The van der Waals surface area contributed by atoms with Crippen molar-refractivity contribution >= 4 is 17.6 Å². The molecule has 0 aliphatic carbocycles. The number of pyridine rings is 1. The van der Waals surface area contributed by atoms with Gasteiger partial charge >= 0.3 is 0 Å². The highest BCUT2D eigenvalue weighted by Crippen LogP contribution is 2.33. The van der Waals surface area contributed by atoms with E-state index in [9.17, 15) is 9.59 Å². The first-order valence-corrected chi connectivity index (χ1v) is 14.9. The average molecular weight is 571 g/mol. The molecule has 2 fully saturated rings. The summed E-state index contributed by atoms with van der Waals surface area (Å²) in [5.41, 5.74) is 2.63. The van der Waals surface area contributed by atoms with Crippen LogP contribution >= 0.6 is 0 Å². The standard InChI is InChI=1S/C33H38N4O5/c1-40-29-10-8-23-9-11-32(38)35-27-21-37(31-20-25(12-14-34-31)33(39)36-15-3-2-4-16-36)17-13-28(27)41-22-24-6-5-7-26(18-24)42-30(29)19-23/h5-8,10,12,14,18-20,27-28H,2-4,9,11,13,15-17,21-22H2,1H3,(H,35,38)/t27-,28+/m0/s1. The van der Waals surface area contributed by atoms with Gasteiger partial charge in [0.25, 0.3) is 5.91 Å². The summed E-state index contributed by atoms with van der Waals surface area (Å²) in [5.74, 6) is 2.72. The highest BCUT2D eigenvalue weighted by molar-refractivity contribution is 5.95. The van der Waals surface area contributed by atoms with Crippen LogP contribution in [0.3, 0.4) is 0 Å². The average Bonchev–Trinajstić information content (AvgIpc) is 3.03. The van der Waals surface area contributed by atoms with Gasteiger partial charge in [0.1, 0.15) is 11.6 Å². The second-order valence-corrected chi connectivity index (χ2v) is 11.2. The molecule has 3 aliphatic heterocycles. The highest BCUT2D eigenvalue weighted by Gasteiger charge is 2.32. The van der Waals surface area contributed by atoms with Gasteiger partial charge in [-0.05, 0) is 79.6 Å². The molecule has 2 aromatic carbocycles. The minimum Gasteiger partial charge on any atom is -0.493 e. The Morgan fingerprint density at radius 2 is 1.88 bits per heavy atom. The third-order valence-electron chi connectivity index (χ3n) is 8.31. The number of amides is 2. The Kier molecular flexibility index (Phi) is 8.55. The van der Waals surface area contributed by atoms with Crippen molar-refractivity contribution in [1.29, 1.82) is 0 Å². The van der Waals surface area contributed by atoms with Crippen molar-refractivity contribution in [2.45, 2.75) is 57.3 Å². The molecule has 3 aliphatic rings. The predicted molar refractivity (Wildman–Crippen MR) is 159 cm³/mol. The van der Waals surface area contributed by atoms with Crippen molar-refractivity contribution in [2.75, 3.05) is 38.2 Å². The largest absolute Gasteiger partial charge is 0.493 e. The highest BCUT2D eigenvalue weighted by atomic mass is 16.5. The van der Waals surface area contributed by atoms with E-state index in [0.717, 1.165) is 42.9 Å². The summed E-state index contributed by atoms with van der Waals surface area (Å²) in [6.07, 6.45) is 6.44. The van der Waals surface area contributed by atoms with Crippen molar-refractivity contribution in [1.82, 2.24) is 15.2 Å². The molecule has 0 spiro atoms. The summed E-state index contributed by atoms with van der Waals surface area (Å²) in [5, 5.41) is 3.25. The number of nitrogens with zero attached hydrogens (tertiary/aromatic N) is 3. The van der Waals surface area contributed by atoms with E-state index in [1.165, 1.54) is 6.42 Å². The molecule has 6 rings (SSSR count). The smallest absolute Gasteiger partial charge is 0.254 e. The number of fused-ring (bicyclic) bond motifs is 5. The van der Waals surface area contributed by atoms with Gasteiger partial charge in [0.05, 0.1) is 25.9 Å². The fourth-order valence-electron chi connectivity index (χ4n) is 6.00. The summed E-state index contributed by atoms with van der Waals surface area (Å²) >= 11 is 0. The molecular formula is C33H38N4O5. The summed E-state index contributed by atoms with van der Waals surface area (Å²) < 4.78 is 18.1. The van der Waals surface area contributed by atoms with Crippen molar-refractivity contribution < 1.29 is 23.8 Å². The summed E-state index contributed by atoms with van der Waals surface area (Å²) in [6.45, 7) is 3.25. The van der Waals surface area contributed by atoms with Crippen molar-refractivity contribution in [3.63, 3.8) is 0 Å². The lowest BCUT2D eigenvalue weighted by Crippen LogP contribution is -2.56. The van der Waals surface area contributed by atoms with E-state index in [1.807, 2.05) is 53.4 Å². The number of likely N-dealkylation sites (tertiary alicyclic amines) is 1. The number of methoxy groups -OCH3 is 1. The Morgan fingerprint density at radius 3 is 2.74 bits per heavy atom. The Morgan fingerprint density at radius 1 is 1.00 bits per heavy atom. The maximum Gasteiger partial charge on any atom is 0.254 e. The zero-order valence-electron chi connectivity index (χ0n) is 24.1. The Hall–Kier alpha value is -4.11. The van der Waals surface area contributed by atoms with Gasteiger partial charge in [-0.2, -0.15) is 0 Å². The number of aromatic nitrogens is 1. The molecule has 4 heterocycles. The molecule has 2 saturated heterocycles. The second-order valence-electron chi connectivity index (χ2n) is 11.2. The molecule has 1 aromatic heterocycles. The summed E-state index contributed by atoms with van der Waals surface area (Å²) in [4.78, 5) is 35.0. The fourth-order valence-corrected chi connectivity index (χ4v) is 6.00. The molecule has 9 heteroatoms. The van der Waals surface area contributed by atoms with E-state index in [-0.39, 0.29) is 24.0 Å². The Labute approximate surface area is 246 Å². The van der Waals surface area contributed by atoms with Gasteiger partial charge in [0.15, 0.2) is 11.5 Å². The number of rotatable bonds is 3. The number of hydrogen-bond acceptors (Lipinski definition) is 7. The quantitative estimate of drug-likeness (QED) is 0.487. The fraction of sp³-hybridized carbons (Fsp3) is 0.424. The maximum absolute atomic E-state index is 13.2. The molecule has 1 N–H and O–H groups in total. The van der Waals surface area contributed by atoms with Crippen molar-refractivity contribution in [3.8, 4) is 17.2 Å². The first-order chi connectivity index (χ1) is 20.6. The second kappa shape index (κ2) is 12.8. The number of ether oxygens (including phenoxy) is 3. The van der Waals surface area contributed by atoms with Gasteiger partial charge in [0.2, 0.25) is 5.91 Å². The van der Waals surface area contributed by atoms with Gasteiger partial charge in [0, 0.05) is 44.4 Å². The SMILES string of the molecule is COc1ccc2cc1Oc1cccc(c1)CO[C@@H]1CCN(c3cc(C(=O)N4CCCCC4)ccn3)C[C@@H]1NC(=O)CC2. The third kappa shape index (κ3) is 6.51. The lowest BCUT2D eigenvalue weighted by Gasteiger charge is -2.39. The van der Waals surface area contributed by atoms with Gasteiger partial charge < -0.3 is 29.3 Å². The number of carbonyl (C=O) groups excluding carboxylic acids is 2. The van der Waals surface area contributed by atoms with Gasteiger partial charge in [-0.15, -0.1) is 0 Å². The number of hydrogen-bond donors (Lipinski definition) is 1. The number of benzene rings is 2. The molecule has 2 amide bonds. The monoisotopic (exact) mass is 570 g/mol. The molecule has 42 heavy (non-hydrogen) atoms. The Balaban J connectivity index is 1.21. The molecule has 2 atom stereocenters. The van der Waals surface area contributed by atoms with Gasteiger partial charge in [-0.1, -0.05) is 18.2 Å². The molecule has 220 valence electrons. The van der Waals surface area contributed by atoms with Crippen LogP contribution in [0.15, 0.2) is 60.8 Å². The molecule has 4 bridgehead atoms. The molecular weight excluding hydrogens is 532 g/mol.